The van der Waals surface area contributed by atoms with Crippen molar-refractivity contribution >= 4 is 28.0 Å². The molecule has 11 unspecified atom stereocenters. The average Bonchev–Trinajstić information content (AvgIpc) is 3.30. The Kier molecular flexibility index (Phi) is 10.8. The summed E-state index contributed by atoms with van der Waals surface area (Å²) in [5.41, 5.74) is -0.480. The van der Waals surface area contributed by atoms with Crippen molar-refractivity contribution in [3.05, 3.63) is 0 Å². The lowest BCUT2D eigenvalue weighted by Crippen LogP contribution is -2.63. The Morgan fingerprint density at radius 3 is 2.19 bits per heavy atom. The minimum Gasteiger partial charge on any atom is -0.465 e. The van der Waals surface area contributed by atoms with Gasteiger partial charge in [0, 0.05) is 31.6 Å². The Morgan fingerprint density at radius 2 is 1.60 bits per heavy atom. The summed E-state index contributed by atoms with van der Waals surface area (Å²) in [6.07, 6.45) is 3.93. The number of hydrogen-bond acceptors (Lipinski definition) is 8. The first-order valence-corrected chi connectivity index (χ1v) is 18.2. The van der Waals surface area contributed by atoms with Gasteiger partial charge in [0.15, 0.2) is 0 Å². The SMILES string of the molecule is CC(=O)OC1CC2CC(C)CCC2(C)C2CC(OC(C)=O)C3(C)C(C(C)CCC(=O)OCCC(F)(F)C(F)(F)S(=O)(=O)O)CCC3C12. The number of rotatable bonds is 11. The molecule has 4 rings (SSSR count). The van der Waals surface area contributed by atoms with Crippen molar-refractivity contribution in [1.82, 2.24) is 0 Å². The van der Waals surface area contributed by atoms with E-state index < -0.39 is 51.8 Å². The largest absolute Gasteiger partial charge is 0.465 e. The molecule has 0 spiro atoms. The number of esters is 3. The third kappa shape index (κ3) is 7.05. The number of alkyl halides is 4. The number of ether oxygens (including phenoxy) is 3. The summed E-state index contributed by atoms with van der Waals surface area (Å²) >= 11 is 0. The second-order valence-electron chi connectivity index (χ2n) is 15.3. The van der Waals surface area contributed by atoms with E-state index >= 15 is 0 Å². The summed E-state index contributed by atoms with van der Waals surface area (Å²) in [6, 6.07) is 0. The van der Waals surface area contributed by atoms with Crippen LogP contribution in [0.3, 0.4) is 0 Å². The predicted octanol–water partition coefficient (Wildman–Crippen LogP) is 6.83. The van der Waals surface area contributed by atoms with Gasteiger partial charge in [-0.15, -0.1) is 0 Å². The molecule has 270 valence electrons. The minimum atomic E-state index is -6.38. The van der Waals surface area contributed by atoms with E-state index in [1.54, 1.807) is 0 Å². The van der Waals surface area contributed by atoms with E-state index in [1.165, 1.54) is 13.8 Å². The first-order valence-electron chi connectivity index (χ1n) is 16.8. The summed E-state index contributed by atoms with van der Waals surface area (Å²) in [7, 11) is -6.38. The van der Waals surface area contributed by atoms with Crippen LogP contribution >= 0.6 is 0 Å². The lowest BCUT2D eigenvalue weighted by Gasteiger charge is -2.64. The summed E-state index contributed by atoms with van der Waals surface area (Å²) in [4.78, 5) is 37.3. The van der Waals surface area contributed by atoms with Crippen LogP contribution in [0.15, 0.2) is 0 Å². The van der Waals surface area contributed by atoms with Gasteiger partial charge >= 0.3 is 39.2 Å². The number of halogens is 4. The maximum absolute atomic E-state index is 13.8. The smallest absolute Gasteiger partial charge is 0.431 e. The maximum Gasteiger partial charge on any atom is 0.431 e. The molecule has 0 bridgehead atoms. The maximum atomic E-state index is 13.8. The zero-order chi connectivity index (χ0) is 35.3. The quantitative estimate of drug-likeness (QED) is 0.107. The topological polar surface area (TPSA) is 133 Å². The molecule has 0 aromatic carbocycles. The molecule has 14 heteroatoms. The number of fused-ring (bicyclic) bond motifs is 5. The highest BCUT2D eigenvalue weighted by Crippen LogP contribution is 2.69. The van der Waals surface area contributed by atoms with Crippen LogP contribution in [0.2, 0.25) is 0 Å². The van der Waals surface area contributed by atoms with Crippen LogP contribution in [-0.2, 0) is 38.7 Å². The molecule has 0 radical (unpaired) electrons. The summed E-state index contributed by atoms with van der Waals surface area (Å²) in [5, 5.41) is -5.73. The van der Waals surface area contributed by atoms with Crippen molar-refractivity contribution in [2.45, 2.75) is 129 Å². The molecule has 4 aliphatic rings. The van der Waals surface area contributed by atoms with E-state index in [4.69, 9.17) is 18.8 Å². The Hall–Kier alpha value is -1.96. The fraction of sp³-hybridized carbons (Fsp3) is 0.909. The second-order valence-corrected chi connectivity index (χ2v) is 16.8. The normalized spacial score (nSPS) is 37.9. The Bertz CT molecular complexity index is 1310. The van der Waals surface area contributed by atoms with E-state index in [0.29, 0.717) is 18.3 Å². The zero-order valence-corrected chi connectivity index (χ0v) is 28.9. The zero-order valence-electron chi connectivity index (χ0n) is 28.1. The summed E-state index contributed by atoms with van der Waals surface area (Å²) in [6.45, 7) is 10.4. The lowest BCUT2D eigenvalue weighted by molar-refractivity contribution is -0.221. The van der Waals surface area contributed by atoms with Crippen molar-refractivity contribution in [3.63, 3.8) is 0 Å². The van der Waals surface area contributed by atoms with Crippen molar-refractivity contribution < 1.29 is 59.1 Å². The monoisotopic (exact) mass is 698 g/mol. The van der Waals surface area contributed by atoms with Gasteiger partial charge in [-0.05, 0) is 85.9 Å². The van der Waals surface area contributed by atoms with Crippen molar-refractivity contribution in [2.75, 3.05) is 6.61 Å². The Morgan fingerprint density at radius 1 is 0.957 bits per heavy atom. The molecular formula is C33H50F4O9S. The van der Waals surface area contributed by atoms with Crippen LogP contribution in [-0.4, -0.2) is 60.9 Å². The molecule has 1 N–H and O–H groups in total. The molecule has 4 aliphatic carbocycles. The van der Waals surface area contributed by atoms with E-state index in [9.17, 15) is 40.4 Å². The van der Waals surface area contributed by atoms with Crippen molar-refractivity contribution in [3.8, 4) is 0 Å². The van der Waals surface area contributed by atoms with Crippen molar-refractivity contribution in [1.29, 1.82) is 0 Å². The highest BCUT2D eigenvalue weighted by molar-refractivity contribution is 7.87. The summed E-state index contributed by atoms with van der Waals surface area (Å²) < 4.78 is 101. The van der Waals surface area contributed by atoms with Gasteiger partial charge < -0.3 is 14.2 Å². The van der Waals surface area contributed by atoms with E-state index in [0.717, 1.165) is 38.5 Å². The van der Waals surface area contributed by atoms with Crippen molar-refractivity contribution in [2.24, 2.45) is 52.3 Å². The van der Waals surface area contributed by atoms with Gasteiger partial charge in [-0.25, -0.2) is 0 Å². The fourth-order valence-corrected chi connectivity index (χ4v) is 10.8. The molecule has 0 heterocycles. The van der Waals surface area contributed by atoms with E-state index in [1.807, 2.05) is 6.92 Å². The second kappa shape index (κ2) is 13.4. The molecular weight excluding hydrogens is 648 g/mol. The fourth-order valence-electron chi connectivity index (χ4n) is 10.3. The highest BCUT2D eigenvalue weighted by Gasteiger charge is 2.68. The van der Waals surface area contributed by atoms with Gasteiger partial charge in [-0.3, -0.25) is 18.9 Å². The summed E-state index contributed by atoms with van der Waals surface area (Å²) in [5.74, 6) is -5.53. The molecule has 0 aromatic rings. The minimum absolute atomic E-state index is 0.00160. The van der Waals surface area contributed by atoms with Crippen LogP contribution in [0.4, 0.5) is 17.6 Å². The molecule has 0 saturated heterocycles. The molecule has 0 amide bonds. The van der Waals surface area contributed by atoms with Gasteiger partial charge in [-0.2, -0.15) is 26.0 Å². The van der Waals surface area contributed by atoms with Gasteiger partial charge in [-0.1, -0.05) is 34.1 Å². The highest BCUT2D eigenvalue weighted by atomic mass is 32.2. The van der Waals surface area contributed by atoms with Crippen LogP contribution in [0.25, 0.3) is 0 Å². The molecule has 4 saturated carbocycles. The first-order chi connectivity index (χ1) is 21.6. The van der Waals surface area contributed by atoms with Crippen LogP contribution in [0.5, 0.6) is 0 Å². The number of hydrogen-bond donors (Lipinski definition) is 1. The van der Waals surface area contributed by atoms with Gasteiger partial charge in [0.05, 0.1) is 13.0 Å². The molecule has 9 nitrogen and oxygen atoms in total. The van der Waals surface area contributed by atoms with Gasteiger partial charge in [0.1, 0.15) is 12.2 Å². The Balaban J connectivity index is 1.50. The van der Waals surface area contributed by atoms with Gasteiger partial charge in [0.2, 0.25) is 0 Å². The standard InChI is InChI=1S/C33H50F4O9S/c1-18-11-12-30(5)22(15-18)16-26(45-20(3)38)29-24-9-8-23(31(24,6)27(17-25(29)30)46-21(4)39)19(2)7-10-28(40)44-14-13-32(34,35)33(36,37)47(41,42)43/h18-19,22-27,29H,7-17H2,1-6H3,(H,41,42,43). The third-order valence-corrected chi connectivity index (χ3v) is 13.6. The lowest BCUT2D eigenvalue weighted by atomic mass is 9.42. The van der Waals surface area contributed by atoms with E-state index in [2.05, 4.69) is 20.8 Å². The number of carbonyl (C=O) groups is 3. The third-order valence-electron chi connectivity index (χ3n) is 12.6. The predicted molar refractivity (Wildman–Crippen MR) is 162 cm³/mol. The van der Waals surface area contributed by atoms with E-state index in [-0.39, 0.29) is 65.9 Å². The molecule has 0 aromatic heterocycles. The first kappa shape index (κ1) is 37.9. The van der Waals surface area contributed by atoms with Crippen LogP contribution in [0, 0.1) is 52.3 Å². The average molecular weight is 699 g/mol. The molecule has 11 atom stereocenters. The molecule has 0 aliphatic heterocycles. The van der Waals surface area contributed by atoms with Gasteiger partial charge in [0.25, 0.3) is 0 Å². The van der Waals surface area contributed by atoms with Crippen LogP contribution in [0.1, 0.15) is 106 Å². The molecule has 4 fully saturated rings. The van der Waals surface area contributed by atoms with Crippen LogP contribution < -0.4 is 0 Å². The molecule has 47 heavy (non-hydrogen) atoms. The number of carbonyl (C=O) groups excluding carboxylic acids is 3. The Labute approximate surface area is 275 Å².